The second-order valence-electron chi connectivity index (χ2n) is 4.15. The van der Waals surface area contributed by atoms with Gasteiger partial charge in [-0.1, -0.05) is 18.2 Å². The van der Waals surface area contributed by atoms with Gasteiger partial charge in [-0.25, -0.2) is 9.78 Å². The number of rotatable bonds is 2. The average molecular weight is 313 g/mol. The highest BCUT2D eigenvalue weighted by Crippen LogP contribution is 2.39. The molecule has 0 saturated heterocycles. The van der Waals surface area contributed by atoms with E-state index in [9.17, 15) is 18.0 Å². The summed E-state index contributed by atoms with van der Waals surface area (Å²) in [6.07, 6.45) is -4.82. The number of aromatic nitrogens is 1. The summed E-state index contributed by atoms with van der Waals surface area (Å²) in [5.74, 6) is -1.55. The van der Waals surface area contributed by atoms with Crippen LogP contribution in [0.2, 0.25) is 0 Å². The topological polar surface area (TPSA) is 63.3 Å². The lowest BCUT2D eigenvalue weighted by atomic mass is 10.2. The van der Waals surface area contributed by atoms with Crippen LogP contribution in [-0.2, 0) is 6.18 Å². The Bertz CT molecular complexity index is 802. The standard InChI is InChI=1S/C13H6F3NO3S/c14-13(15,16)10-9(12(18)19)21-11(17-10)8-5-6-3-1-2-4-7(6)20-8/h1-5H,(H,18,19). The smallest absolute Gasteiger partial charge is 0.435 e. The third-order valence-electron chi connectivity index (χ3n) is 2.73. The number of carboxylic acids is 1. The Morgan fingerprint density at radius 3 is 2.57 bits per heavy atom. The number of benzene rings is 1. The van der Waals surface area contributed by atoms with Gasteiger partial charge < -0.3 is 9.52 Å². The van der Waals surface area contributed by atoms with Gasteiger partial charge in [0, 0.05) is 5.39 Å². The van der Waals surface area contributed by atoms with E-state index in [1.165, 1.54) is 6.07 Å². The number of para-hydroxylation sites is 1. The number of furan rings is 1. The van der Waals surface area contributed by atoms with Crippen LogP contribution < -0.4 is 0 Å². The third-order valence-corrected chi connectivity index (χ3v) is 3.78. The van der Waals surface area contributed by atoms with Gasteiger partial charge >= 0.3 is 12.1 Å². The molecule has 1 aromatic carbocycles. The highest BCUT2D eigenvalue weighted by Gasteiger charge is 2.40. The van der Waals surface area contributed by atoms with E-state index in [-0.39, 0.29) is 10.8 Å². The Morgan fingerprint density at radius 1 is 1.29 bits per heavy atom. The minimum absolute atomic E-state index is 0.110. The van der Waals surface area contributed by atoms with Gasteiger partial charge in [0.15, 0.2) is 16.5 Å². The first-order valence-corrected chi connectivity index (χ1v) is 6.48. The lowest BCUT2D eigenvalue weighted by molar-refractivity contribution is -0.141. The fourth-order valence-corrected chi connectivity index (χ4v) is 2.73. The molecule has 0 unspecified atom stereocenters. The second kappa shape index (κ2) is 4.59. The quantitative estimate of drug-likeness (QED) is 0.767. The van der Waals surface area contributed by atoms with Crippen LogP contribution in [0.25, 0.3) is 21.7 Å². The van der Waals surface area contributed by atoms with Crippen molar-refractivity contribution in [2.75, 3.05) is 0 Å². The first-order valence-electron chi connectivity index (χ1n) is 5.66. The fraction of sp³-hybridized carbons (Fsp3) is 0.0769. The summed E-state index contributed by atoms with van der Waals surface area (Å²) in [5.41, 5.74) is -0.913. The Morgan fingerprint density at radius 2 is 2.00 bits per heavy atom. The van der Waals surface area contributed by atoms with Gasteiger partial charge in [-0.3, -0.25) is 0 Å². The molecule has 0 bridgehead atoms. The van der Waals surface area contributed by atoms with Crippen molar-refractivity contribution in [1.82, 2.24) is 4.98 Å². The SMILES string of the molecule is O=C(O)c1sc(-c2cc3ccccc3o2)nc1C(F)(F)F. The lowest BCUT2D eigenvalue weighted by Gasteiger charge is -2.02. The van der Waals surface area contributed by atoms with Crippen LogP contribution in [0.5, 0.6) is 0 Å². The Labute approximate surface area is 119 Å². The Hall–Kier alpha value is -2.35. The fourth-order valence-electron chi connectivity index (χ4n) is 1.85. The maximum absolute atomic E-state index is 12.8. The summed E-state index contributed by atoms with van der Waals surface area (Å²) in [4.78, 5) is 13.5. The number of nitrogens with zero attached hydrogens (tertiary/aromatic N) is 1. The molecule has 2 heterocycles. The number of aromatic carboxylic acids is 1. The molecule has 0 fully saturated rings. The first kappa shape index (κ1) is 13.6. The minimum atomic E-state index is -4.82. The molecule has 0 aliphatic rings. The Kier molecular flexibility index (Phi) is 2.98. The number of hydrogen-bond donors (Lipinski definition) is 1. The summed E-state index contributed by atoms with van der Waals surface area (Å²) in [6, 6.07) is 8.41. The molecule has 0 amide bonds. The lowest BCUT2D eigenvalue weighted by Crippen LogP contribution is -2.11. The van der Waals surface area contributed by atoms with E-state index in [4.69, 9.17) is 9.52 Å². The van der Waals surface area contributed by atoms with E-state index in [2.05, 4.69) is 4.98 Å². The molecular weight excluding hydrogens is 307 g/mol. The molecule has 0 saturated carbocycles. The molecular formula is C13H6F3NO3S. The molecule has 8 heteroatoms. The molecule has 0 spiro atoms. The molecule has 108 valence electrons. The van der Waals surface area contributed by atoms with Gasteiger partial charge in [0.1, 0.15) is 10.5 Å². The maximum Gasteiger partial charge on any atom is 0.435 e. The van der Waals surface area contributed by atoms with Crippen LogP contribution in [0.4, 0.5) is 13.2 Å². The first-order chi connectivity index (χ1) is 9.86. The van der Waals surface area contributed by atoms with Crippen LogP contribution in [0.15, 0.2) is 34.7 Å². The molecule has 4 nitrogen and oxygen atoms in total. The zero-order valence-electron chi connectivity index (χ0n) is 10.1. The molecule has 2 aromatic heterocycles. The number of carboxylic acid groups (broad SMARTS) is 1. The average Bonchev–Trinajstić information content (AvgIpc) is 3.02. The van der Waals surface area contributed by atoms with Gasteiger partial charge in [0.05, 0.1) is 0 Å². The highest BCUT2D eigenvalue weighted by molar-refractivity contribution is 7.17. The number of halogens is 3. The molecule has 0 aliphatic carbocycles. The molecule has 1 N–H and O–H groups in total. The van der Waals surface area contributed by atoms with Crippen molar-refractivity contribution in [3.05, 3.63) is 40.9 Å². The van der Waals surface area contributed by atoms with Crippen molar-refractivity contribution in [2.24, 2.45) is 0 Å². The third kappa shape index (κ3) is 2.38. The van der Waals surface area contributed by atoms with Crippen molar-refractivity contribution < 1.29 is 27.5 Å². The molecule has 21 heavy (non-hydrogen) atoms. The van der Waals surface area contributed by atoms with Gasteiger partial charge in [-0.15, -0.1) is 11.3 Å². The van der Waals surface area contributed by atoms with E-state index < -0.39 is 22.7 Å². The van der Waals surface area contributed by atoms with E-state index in [1.54, 1.807) is 24.3 Å². The van der Waals surface area contributed by atoms with E-state index >= 15 is 0 Å². The summed E-state index contributed by atoms with van der Waals surface area (Å²) in [7, 11) is 0. The number of hydrogen-bond acceptors (Lipinski definition) is 4. The zero-order valence-corrected chi connectivity index (χ0v) is 11.0. The van der Waals surface area contributed by atoms with Crippen molar-refractivity contribution >= 4 is 28.3 Å². The summed E-state index contributed by atoms with van der Waals surface area (Å²) in [5, 5.41) is 9.46. The van der Waals surface area contributed by atoms with Crippen LogP contribution in [0.3, 0.4) is 0 Å². The van der Waals surface area contributed by atoms with Crippen molar-refractivity contribution in [3.63, 3.8) is 0 Å². The summed E-state index contributed by atoms with van der Waals surface area (Å²) < 4.78 is 43.8. The Balaban J connectivity index is 2.16. The van der Waals surface area contributed by atoms with Gasteiger partial charge in [-0.2, -0.15) is 13.2 Å². The molecule has 3 rings (SSSR count). The van der Waals surface area contributed by atoms with E-state index in [0.29, 0.717) is 22.3 Å². The molecule has 0 atom stereocenters. The molecule has 3 aromatic rings. The maximum atomic E-state index is 12.8. The number of alkyl halides is 3. The van der Waals surface area contributed by atoms with Gasteiger partial charge in [-0.05, 0) is 12.1 Å². The number of thiazole rings is 1. The van der Waals surface area contributed by atoms with Crippen LogP contribution in [-0.4, -0.2) is 16.1 Å². The van der Waals surface area contributed by atoms with Gasteiger partial charge in [0.2, 0.25) is 0 Å². The van der Waals surface area contributed by atoms with Crippen LogP contribution in [0, 0.1) is 0 Å². The summed E-state index contributed by atoms with van der Waals surface area (Å²) in [6.45, 7) is 0. The summed E-state index contributed by atoms with van der Waals surface area (Å²) >= 11 is 0.438. The molecule has 0 radical (unpaired) electrons. The van der Waals surface area contributed by atoms with Crippen molar-refractivity contribution in [3.8, 4) is 10.8 Å². The van der Waals surface area contributed by atoms with Crippen LogP contribution in [0.1, 0.15) is 15.4 Å². The monoisotopic (exact) mass is 313 g/mol. The number of fused-ring (bicyclic) bond motifs is 1. The van der Waals surface area contributed by atoms with E-state index in [0.717, 1.165) is 0 Å². The minimum Gasteiger partial charge on any atom is -0.477 e. The highest BCUT2D eigenvalue weighted by atomic mass is 32.1. The number of carbonyl (C=O) groups is 1. The predicted octanol–water partition coefficient (Wildman–Crippen LogP) is 4.27. The molecule has 0 aliphatic heterocycles. The predicted molar refractivity (Wildman–Crippen MR) is 69.3 cm³/mol. The second-order valence-corrected chi connectivity index (χ2v) is 5.15. The van der Waals surface area contributed by atoms with Crippen LogP contribution >= 0.6 is 11.3 Å². The van der Waals surface area contributed by atoms with Crippen molar-refractivity contribution in [2.45, 2.75) is 6.18 Å². The van der Waals surface area contributed by atoms with E-state index in [1.807, 2.05) is 0 Å². The van der Waals surface area contributed by atoms with Gasteiger partial charge in [0.25, 0.3) is 0 Å². The largest absolute Gasteiger partial charge is 0.477 e. The normalized spacial score (nSPS) is 12.0. The zero-order chi connectivity index (χ0) is 15.2. The van der Waals surface area contributed by atoms with Crippen molar-refractivity contribution in [1.29, 1.82) is 0 Å².